The van der Waals surface area contributed by atoms with Crippen LogP contribution in [0.1, 0.15) is 19.4 Å². The van der Waals surface area contributed by atoms with Crippen LogP contribution in [0.3, 0.4) is 0 Å². The molecule has 36 heavy (non-hydrogen) atoms. The summed E-state index contributed by atoms with van der Waals surface area (Å²) in [7, 11) is -3.03. The fourth-order valence-corrected chi connectivity index (χ4v) is 5.39. The van der Waals surface area contributed by atoms with Crippen LogP contribution in [0.2, 0.25) is 0 Å². The summed E-state index contributed by atoms with van der Waals surface area (Å²) in [6, 6.07) is 12.8. The predicted octanol–water partition coefficient (Wildman–Crippen LogP) is 5.15. The van der Waals surface area contributed by atoms with Crippen LogP contribution in [0.4, 0.5) is 5.69 Å². The summed E-state index contributed by atoms with van der Waals surface area (Å²) in [6.07, 6.45) is 11.0. The molecule has 10 heteroatoms. The molecule has 188 valence electrons. The van der Waals surface area contributed by atoms with E-state index in [1.807, 2.05) is 0 Å². The van der Waals surface area contributed by atoms with Crippen molar-refractivity contribution in [2.45, 2.75) is 23.6 Å². The number of hydrogen-bond acceptors (Lipinski definition) is 7. The summed E-state index contributed by atoms with van der Waals surface area (Å²) in [5.41, 5.74) is 2.98. The fraction of sp³-hybridized carbons (Fsp3) is 0.192. The number of fused-ring (bicyclic) bond motifs is 1. The Morgan fingerprint density at radius 2 is 1.56 bits per heavy atom. The highest BCUT2D eigenvalue weighted by Gasteiger charge is 2.19. The summed E-state index contributed by atoms with van der Waals surface area (Å²) < 4.78 is 39.4. The Balaban J connectivity index is 0.000000236. The van der Waals surface area contributed by atoms with E-state index in [0.29, 0.717) is 0 Å². The number of ether oxygens (including phenoxy) is 1. The number of allylic oxidation sites excluding steroid dienone is 6. The number of hydrogen-bond donors (Lipinski definition) is 0. The Labute approximate surface area is 214 Å². The first kappa shape index (κ1) is 27.1. The highest BCUT2D eigenvalue weighted by atomic mass is 32.2. The molecule has 0 amide bonds. The Kier molecular flexibility index (Phi) is 9.03. The second kappa shape index (κ2) is 12.0. The van der Waals surface area contributed by atoms with E-state index in [9.17, 15) is 23.1 Å². The molecule has 0 N–H and O–H groups in total. The van der Waals surface area contributed by atoms with Gasteiger partial charge in [-0.2, -0.15) is 0 Å². The van der Waals surface area contributed by atoms with Gasteiger partial charge in [-0.1, -0.05) is 42.1 Å². The van der Waals surface area contributed by atoms with E-state index in [1.54, 1.807) is 18.9 Å². The molecule has 2 aromatic rings. The lowest BCUT2D eigenvalue weighted by molar-refractivity contribution is -0.519. The largest absolute Gasteiger partial charge is 0.744 e. The van der Waals surface area contributed by atoms with Crippen molar-refractivity contribution in [1.82, 2.24) is 0 Å². The van der Waals surface area contributed by atoms with Gasteiger partial charge in [0.15, 0.2) is 5.71 Å². The van der Waals surface area contributed by atoms with E-state index in [0.717, 1.165) is 31.0 Å². The lowest BCUT2D eigenvalue weighted by Gasteiger charge is -2.19. The summed E-state index contributed by atoms with van der Waals surface area (Å²) >= 11 is 1.80. The number of benzene rings is 2. The lowest BCUT2D eigenvalue weighted by atomic mass is 10.1. The number of nitrogens with zero attached hydrogens (tertiary/aromatic N) is 2. The SMILES string of the molecule is CC[N+](CC)=C1C=CC(=C2C=C(OC)c3ccccc3S2)C=C1.O=[N+]([O-])c1ccccc1S(=O)(=O)[O-]. The molecule has 4 rings (SSSR count). The van der Waals surface area contributed by atoms with Crippen molar-refractivity contribution in [2.24, 2.45) is 0 Å². The van der Waals surface area contributed by atoms with Crippen LogP contribution in [0.25, 0.3) is 5.76 Å². The standard InChI is InChI=1S/C20H22NOS.C6H5NO5S/c1-4-21(5-2)16-12-10-15(11-13-16)20-14-18(22-3)17-8-6-7-9-19(17)23-20;8-7(9)5-3-1-2-4-6(5)13(10,11)12/h6-14H,4-5H2,1-3H3;1-4H,(H,10,11,12)/q+1;/p-1. The van der Waals surface area contributed by atoms with Gasteiger partial charge in [0.25, 0.3) is 5.69 Å². The molecule has 1 aliphatic carbocycles. The van der Waals surface area contributed by atoms with Gasteiger partial charge in [0, 0.05) is 33.6 Å². The fourth-order valence-electron chi connectivity index (χ4n) is 3.66. The minimum atomic E-state index is -4.77. The quantitative estimate of drug-likeness (QED) is 0.229. The van der Waals surface area contributed by atoms with Crippen LogP contribution in [-0.2, 0) is 14.9 Å². The molecule has 1 heterocycles. The first-order chi connectivity index (χ1) is 17.2. The molecule has 0 spiro atoms. The van der Waals surface area contributed by atoms with Crippen LogP contribution >= 0.6 is 11.8 Å². The van der Waals surface area contributed by atoms with Gasteiger partial charge in [-0.25, -0.2) is 13.0 Å². The molecule has 8 nitrogen and oxygen atoms in total. The van der Waals surface area contributed by atoms with Crippen molar-refractivity contribution in [3.8, 4) is 0 Å². The molecule has 2 aliphatic rings. The molecular weight excluding hydrogens is 500 g/mol. The van der Waals surface area contributed by atoms with Crippen molar-refractivity contribution in [3.63, 3.8) is 0 Å². The molecule has 0 saturated heterocycles. The van der Waals surface area contributed by atoms with E-state index in [-0.39, 0.29) is 0 Å². The second-order valence-electron chi connectivity index (χ2n) is 7.57. The molecule has 0 bridgehead atoms. The summed E-state index contributed by atoms with van der Waals surface area (Å²) in [6.45, 7) is 6.44. The van der Waals surface area contributed by atoms with E-state index < -0.39 is 25.6 Å². The zero-order valence-electron chi connectivity index (χ0n) is 20.1. The van der Waals surface area contributed by atoms with Crippen LogP contribution in [0, 0.1) is 10.1 Å². The maximum atomic E-state index is 10.5. The molecule has 0 unspecified atom stereocenters. The maximum Gasteiger partial charge on any atom is 0.286 e. The van der Waals surface area contributed by atoms with Gasteiger partial charge in [-0.15, -0.1) is 0 Å². The van der Waals surface area contributed by atoms with Gasteiger partial charge in [0.1, 0.15) is 33.9 Å². The van der Waals surface area contributed by atoms with Crippen molar-refractivity contribution in [3.05, 3.63) is 105 Å². The maximum absolute atomic E-state index is 10.5. The number of para-hydroxylation sites is 1. The molecule has 0 radical (unpaired) electrons. The van der Waals surface area contributed by atoms with Crippen molar-refractivity contribution in [2.75, 3.05) is 20.2 Å². The van der Waals surface area contributed by atoms with Gasteiger partial charge in [-0.05, 0) is 49.8 Å². The highest BCUT2D eigenvalue weighted by molar-refractivity contribution is 8.03. The number of thioether (sulfide) groups is 1. The average Bonchev–Trinajstić information content (AvgIpc) is 2.89. The van der Waals surface area contributed by atoms with Gasteiger partial charge >= 0.3 is 0 Å². The van der Waals surface area contributed by atoms with E-state index >= 15 is 0 Å². The molecule has 0 aromatic heterocycles. The molecule has 2 aromatic carbocycles. The van der Waals surface area contributed by atoms with Gasteiger partial charge in [0.2, 0.25) is 0 Å². The van der Waals surface area contributed by atoms with Gasteiger partial charge in [-0.3, -0.25) is 10.1 Å². The highest BCUT2D eigenvalue weighted by Crippen LogP contribution is 2.42. The zero-order valence-corrected chi connectivity index (χ0v) is 21.7. The predicted molar refractivity (Wildman–Crippen MR) is 140 cm³/mol. The topological polar surface area (TPSA) is 113 Å². The van der Waals surface area contributed by atoms with Crippen molar-refractivity contribution >= 4 is 39.0 Å². The first-order valence-corrected chi connectivity index (χ1v) is 13.4. The molecule has 0 fully saturated rings. The molecule has 0 saturated carbocycles. The summed E-state index contributed by atoms with van der Waals surface area (Å²) in [4.78, 5) is 11.0. The number of nitro benzene ring substituents is 1. The smallest absolute Gasteiger partial charge is 0.286 e. The monoisotopic (exact) mass is 526 g/mol. The third-order valence-electron chi connectivity index (χ3n) is 5.47. The van der Waals surface area contributed by atoms with Crippen LogP contribution < -0.4 is 0 Å². The van der Waals surface area contributed by atoms with E-state index in [4.69, 9.17) is 4.74 Å². The summed E-state index contributed by atoms with van der Waals surface area (Å²) in [5, 5.41) is 10.3. The van der Waals surface area contributed by atoms with Crippen LogP contribution in [0.15, 0.2) is 99.2 Å². The number of nitro groups is 1. The second-order valence-corrected chi connectivity index (χ2v) is 10.0. The average molecular weight is 527 g/mol. The van der Waals surface area contributed by atoms with Crippen molar-refractivity contribution < 1.29 is 27.2 Å². The molecule has 0 atom stereocenters. The molecular formula is C26H26N2O6S2. The molecule has 1 aliphatic heterocycles. The third-order valence-corrected chi connectivity index (χ3v) is 7.50. The summed E-state index contributed by atoms with van der Waals surface area (Å²) in [5.74, 6) is 0.933. The Bertz CT molecular complexity index is 1400. The Morgan fingerprint density at radius 1 is 0.944 bits per heavy atom. The Hall–Kier alpha value is -3.47. The van der Waals surface area contributed by atoms with E-state index in [2.05, 4.69) is 73.1 Å². The van der Waals surface area contributed by atoms with Crippen LogP contribution in [-0.4, -0.2) is 48.4 Å². The lowest BCUT2D eigenvalue weighted by Crippen LogP contribution is -2.19. The van der Waals surface area contributed by atoms with Crippen molar-refractivity contribution in [1.29, 1.82) is 0 Å². The van der Waals surface area contributed by atoms with E-state index in [1.165, 1.54) is 38.8 Å². The minimum absolute atomic E-state index is 0.697. The van der Waals surface area contributed by atoms with Crippen LogP contribution in [0.5, 0.6) is 0 Å². The third kappa shape index (κ3) is 6.39. The van der Waals surface area contributed by atoms with Gasteiger partial charge in [0.05, 0.1) is 12.0 Å². The van der Waals surface area contributed by atoms with Gasteiger partial charge < -0.3 is 9.29 Å². The minimum Gasteiger partial charge on any atom is -0.744 e. The number of methoxy groups -OCH3 is 1. The zero-order chi connectivity index (χ0) is 26.3. The number of rotatable bonds is 5. The first-order valence-electron chi connectivity index (χ1n) is 11.1. The Morgan fingerprint density at radius 3 is 2.11 bits per heavy atom. The normalized spacial score (nSPS) is 14.4.